The molecule has 0 bridgehead atoms. The van der Waals surface area contributed by atoms with Crippen LogP contribution < -0.4 is 10.1 Å². The maximum Gasteiger partial charge on any atom is 0.266 e. The van der Waals surface area contributed by atoms with Crippen LogP contribution in [0.25, 0.3) is 0 Å². The van der Waals surface area contributed by atoms with Gasteiger partial charge in [0.2, 0.25) is 0 Å². The number of ether oxygens (including phenoxy) is 1. The van der Waals surface area contributed by atoms with Crippen LogP contribution in [0.1, 0.15) is 11.8 Å². The monoisotopic (exact) mass is 280 g/mol. The number of anilines is 1. The number of rotatable bonds is 4. The van der Waals surface area contributed by atoms with Gasteiger partial charge in [0.1, 0.15) is 11.6 Å². The van der Waals surface area contributed by atoms with Gasteiger partial charge in [-0.2, -0.15) is 0 Å². The molecule has 1 N–H and O–H groups in total. The van der Waals surface area contributed by atoms with Gasteiger partial charge in [-0.05, 0) is 26.0 Å². The van der Waals surface area contributed by atoms with Gasteiger partial charge >= 0.3 is 0 Å². The first-order valence-corrected chi connectivity index (χ1v) is 6.52. The Labute approximate surface area is 114 Å². The molecule has 1 aromatic carbocycles. The molecule has 0 fully saturated rings. The minimum Gasteiger partial charge on any atom is -0.481 e. The van der Waals surface area contributed by atoms with Crippen molar-refractivity contribution in [3.8, 4) is 5.75 Å². The molecular weight excluding hydrogens is 267 g/mol. The summed E-state index contributed by atoms with van der Waals surface area (Å²) in [5.74, 6) is -0.405. The fraction of sp³-hybridized carbons (Fsp3) is 0.231. The van der Waals surface area contributed by atoms with Gasteiger partial charge in [-0.15, -0.1) is 11.3 Å². The van der Waals surface area contributed by atoms with Crippen LogP contribution in [0.15, 0.2) is 30.5 Å². The molecule has 1 amide bonds. The molecule has 2 aromatic rings. The summed E-state index contributed by atoms with van der Waals surface area (Å²) in [4.78, 5) is 16.9. The highest BCUT2D eigenvalue weighted by atomic mass is 32.1. The normalized spacial score (nSPS) is 11.9. The zero-order valence-corrected chi connectivity index (χ0v) is 11.3. The van der Waals surface area contributed by atoms with Crippen molar-refractivity contribution < 1.29 is 13.9 Å². The Morgan fingerprint density at radius 1 is 1.53 bits per heavy atom. The van der Waals surface area contributed by atoms with Crippen molar-refractivity contribution >= 4 is 22.4 Å². The lowest BCUT2D eigenvalue weighted by molar-refractivity contribution is -0.122. The Morgan fingerprint density at radius 3 is 2.95 bits per heavy atom. The summed E-state index contributed by atoms with van der Waals surface area (Å²) in [6.45, 7) is 3.50. The zero-order valence-electron chi connectivity index (χ0n) is 10.5. The Balaban J connectivity index is 1.96. The molecular formula is C13H13FN2O2S. The maximum absolute atomic E-state index is 13.0. The molecule has 2 rings (SSSR count). The van der Waals surface area contributed by atoms with E-state index >= 15 is 0 Å². The van der Waals surface area contributed by atoms with E-state index in [4.69, 9.17) is 4.74 Å². The van der Waals surface area contributed by atoms with Gasteiger partial charge in [-0.25, -0.2) is 9.37 Å². The van der Waals surface area contributed by atoms with Crippen molar-refractivity contribution in [2.24, 2.45) is 0 Å². The number of carbonyl (C=O) groups excluding carboxylic acids is 1. The van der Waals surface area contributed by atoms with Crippen LogP contribution in [0.5, 0.6) is 5.75 Å². The predicted molar refractivity (Wildman–Crippen MR) is 72.0 cm³/mol. The van der Waals surface area contributed by atoms with Crippen LogP contribution in [0.2, 0.25) is 0 Å². The van der Waals surface area contributed by atoms with E-state index in [2.05, 4.69) is 10.3 Å². The molecule has 0 aliphatic carbocycles. The fourth-order valence-electron chi connectivity index (χ4n) is 1.42. The average Bonchev–Trinajstić information content (AvgIpc) is 2.74. The molecule has 6 heteroatoms. The van der Waals surface area contributed by atoms with Gasteiger partial charge in [0.25, 0.3) is 5.91 Å². The number of amides is 1. The van der Waals surface area contributed by atoms with Gasteiger partial charge in [0, 0.05) is 17.1 Å². The Hall–Kier alpha value is -1.95. The number of aromatic nitrogens is 1. The standard InChI is InChI=1S/C13H13FN2O2S/c1-8-7-15-13(19-8)16-12(17)9(2)18-11-5-3-4-10(14)6-11/h3-7,9H,1-2H3,(H,15,16,17)/t9-/m1/s1. The first kappa shape index (κ1) is 13.5. The number of halogens is 1. The van der Waals surface area contributed by atoms with Gasteiger partial charge in [-0.1, -0.05) is 6.07 Å². The third-order valence-corrected chi connectivity index (χ3v) is 3.16. The van der Waals surface area contributed by atoms with Crippen LogP contribution >= 0.6 is 11.3 Å². The van der Waals surface area contributed by atoms with Crippen molar-refractivity contribution in [1.29, 1.82) is 0 Å². The lowest BCUT2D eigenvalue weighted by atomic mass is 10.3. The van der Waals surface area contributed by atoms with Crippen molar-refractivity contribution in [1.82, 2.24) is 4.98 Å². The SMILES string of the molecule is Cc1cnc(NC(=O)[C@@H](C)Oc2cccc(F)c2)s1. The van der Waals surface area contributed by atoms with Crippen LogP contribution in [-0.2, 0) is 4.79 Å². The number of nitrogens with one attached hydrogen (secondary N) is 1. The molecule has 4 nitrogen and oxygen atoms in total. The summed E-state index contributed by atoms with van der Waals surface area (Å²) in [7, 11) is 0. The number of thiazole rings is 1. The Bertz CT molecular complexity index is 586. The highest BCUT2D eigenvalue weighted by Crippen LogP contribution is 2.18. The molecule has 0 aliphatic rings. The summed E-state index contributed by atoms with van der Waals surface area (Å²) in [6.07, 6.45) is 0.948. The molecule has 1 atom stereocenters. The van der Waals surface area contributed by atoms with Gasteiger partial charge in [0.15, 0.2) is 11.2 Å². The molecule has 100 valence electrons. The summed E-state index contributed by atoms with van der Waals surface area (Å²) in [5, 5.41) is 3.17. The average molecular weight is 280 g/mol. The number of benzene rings is 1. The molecule has 1 heterocycles. The van der Waals surface area contributed by atoms with Crippen LogP contribution in [-0.4, -0.2) is 17.0 Å². The van der Waals surface area contributed by atoms with Crippen LogP contribution in [0.4, 0.5) is 9.52 Å². The quantitative estimate of drug-likeness (QED) is 0.936. The Morgan fingerprint density at radius 2 is 2.32 bits per heavy atom. The molecule has 0 saturated heterocycles. The van der Waals surface area contributed by atoms with Crippen molar-refractivity contribution in [2.75, 3.05) is 5.32 Å². The van der Waals surface area contributed by atoms with Crippen LogP contribution in [0.3, 0.4) is 0 Å². The fourth-order valence-corrected chi connectivity index (χ4v) is 2.08. The molecule has 19 heavy (non-hydrogen) atoms. The number of nitrogens with zero attached hydrogens (tertiary/aromatic N) is 1. The second-order valence-electron chi connectivity index (χ2n) is 3.98. The molecule has 0 radical (unpaired) electrons. The third kappa shape index (κ3) is 3.75. The second-order valence-corrected chi connectivity index (χ2v) is 5.22. The minimum absolute atomic E-state index is 0.318. The van der Waals surface area contributed by atoms with Gasteiger partial charge in [-0.3, -0.25) is 10.1 Å². The van der Waals surface area contributed by atoms with E-state index in [1.54, 1.807) is 19.2 Å². The molecule has 1 aromatic heterocycles. The summed E-state index contributed by atoms with van der Waals surface area (Å²) >= 11 is 1.38. The maximum atomic E-state index is 13.0. The van der Waals surface area contributed by atoms with Crippen molar-refractivity contribution in [3.05, 3.63) is 41.2 Å². The number of carbonyl (C=O) groups is 1. The predicted octanol–water partition coefficient (Wildman–Crippen LogP) is 3.00. The van der Waals surface area contributed by atoms with E-state index < -0.39 is 11.9 Å². The highest BCUT2D eigenvalue weighted by molar-refractivity contribution is 7.15. The largest absolute Gasteiger partial charge is 0.481 e. The summed E-state index contributed by atoms with van der Waals surface area (Å²) in [6, 6.07) is 5.67. The molecule has 0 spiro atoms. The first-order chi connectivity index (χ1) is 9.04. The van der Waals surface area contributed by atoms with E-state index in [9.17, 15) is 9.18 Å². The van der Waals surface area contributed by atoms with E-state index in [-0.39, 0.29) is 5.91 Å². The first-order valence-electron chi connectivity index (χ1n) is 5.70. The molecule has 0 aliphatic heterocycles. The van der Waals surface area contributed by atoms with Crippen molar-refractivity contribution in [2.45, 2.75) is 20.0 Å². The van der Waals surface area contributed by atoms with E-state index in [0.29, 0.717) is 10.9 Å². The van der Waals surface area contributed by atoms with E-state index in [1.807, 2.05) is 6.92 Å². The van der Waals surface area contributed by atoms with Crippen molar-refractivity contribution in [3.63, 3.8) is 0 Å². The van der Waals surface area contributed by atoms with Crippen LogP contribution in [0, 0.1) is 12.7 Å². The van der Waals surface area contributed by atoms with Gasteiger partial charge < -0.3 is 4.74 Å². The Kier molecular flexibility index (Phi) is 4.11. The number of hydrogen-bond acceptors (Lipinski definition) is 4. The topological polar surface area (TPSA) is 51.2 Å². The summed E-state index contributed by atoms with van der Waals surface area (Å²) < 4.78 is 18.3. The van der Waals surface area contributed by atoms with Gasteiger partial charge in [0.05, 0.1) is 0 Å². The molecule has 0 saturated carbocycles. The lowest BCUT2D eigenvalue weighted by Crippen LogP contribution is -2.30. The smallest absolute Gasteiger partial charge is 0.266 e. The number of hydrogen-bond donors (Lipinski definition) is 1. The van der Waals surface area contributed by atoms with E-state index in [1.165, 1.54) is 29.5 Å². The minimum atomic E-state index is -0.731. The molecule has 0 unspecified atom stereocenters. The number of aryl methyl sites for hydroxylation is 1. The third-order valence-electron chi connectivity index (χ3n) is 2.33. The highest BCUT2D eigenvalue weighted by Gasteiger charge is 2.16. The lowest BCUT2D eigenvalue weighted by Gasteiger charge is -2.13. The summed E-state index contributed by atoms with van der Waals surface area (Å²) in [5.41, 5.74) is 0. The second kappa shape index (κ2) is 5.79. The zero-order chi connectivity index (χ0) is 13.8. The van der Waals surface area contributed by atoms with E-state index in [0.717, 1.165) is 4.88 Å².